The summed E-state index contributed by atoms with van der Waals surface area (Å²) in [6.45, 7) is 5.96. The third-order valence-electron chi connectivity index (χ3n) is 6.73. The van der Waals surface area contributed by atoms with Crippen LogP contribution in [0.15, 0.2) is 65.1 Å². The average molecular weight is 459 g/mol. The number of nitrogens with zero attached hydrogens (tertiary/aromatic N) is 2. The Morgan fingerprint density at radius 2 is 1.82 bits per heavy atom. The number of nitriles is 1. The van der Waals surface area contributed by atoms with Crippen molar-refractivity contribution in [3.8, 4) is 6.07 Å². The number of nitrogens with one attached hydrogen (secondary N) is 1. The summed E-state index contributed by atoms with van der Waals surface area (Å²) in [5, 5.41) is 13.8. The van der Waals surface area contributed by atoms with E-state index >= 15 is 0 Å². The highest BCUT2D eigenvalue weighted by atomic mass is 35.5. The number of hydrogen-bond acceptors (Lipinski definition) is 5. The Kier molecular flexibility index (Phi) is 4.50. The summed E-state index contributed by atoms with van der Waals surface area (Å²) in [6, 6.07) is 14.8. The van der Waals surface area contributed by atoms with Crippen LogP contribution in [0, 0.1) is 23.7 Å². The predicted octanol–water partition coefficient (Wildman–Crippen LogP) is 4.70. The molecule has 166 valence electrons. The highest BCUT2D eigenvalue weighted by molar-refractivity contribution is 6.30. The number of rotatable bonds is 1. The number of anilines is 2. The number of benzene rings is 2. The first-order valence-electron chi connectivity index (χ1n) is 10.8. The smallest absolute Gasteiger partial charge is 0.245 e. The van der Waals surface area contributed by atoms with E-state index in [1.807, 2.05) is 39.0 Å². The summed E-state index contributed by atoms with van der Waals surface area (Å²) in [6.07, 6.45) is 0.793. The number of carbonyl (C=O) groups excluding carboxylic acids is 2. The first kappa shape index (κ1) is 21.3. The monoisotopic (exact) mass is 458 g/mol. The molecule has 33 heavy (non-hydrogen) atoms. The van der Waals surface area contributed by atoms with Gasteiger partial charge in [-0.3, -0.25) is 14.5 Å². The minimum Gasteiger partial charge on any atom is -0.384 e. The minimum absolute atomic E-state index is 0.0612. The Morgan fingerprint density at radius 3 is 2.48 bits per heavy atom. The van der Waals surface area contributed by atoms with E-state index in [0.29, 0.717) is 39.7 Å². The molecule has 1 amide bonds. The van der Waals surface area contributed by atoms with Crippen LogP contribution in [0.25, 0.3) is 0 Å². The fraction of sp³-hybridized carbons (Fsp3) is 0.269. The lowest BCUT2D eigenvalue weighted by Gasteiger charge is -2.46. The molecule has 3 N–H and O–H groups in total. The molecule has 0 bridgehead atoms. The van der Waals surface area contributed by atoms with Crippen molar-refractivity contribution in [2.24, 2.45) is 11.1 Å². The number of aryl methyl sites for hydroxylation is 1. The standard InChI is InChI=1S/C26H23ClN4O2/c1-14-4-9-19-17(10-14)26(24(33)30-19)18(13-28)23(29)31(16-7-5-15(27)6-8-16)20-11-25(2,3)12-21(32)22(20)26/h4-10H,11-12,29H2,1-3H3,(H,30,33). The third kappa shape index (κ3) is 2.86. The Balaban J connectivity index is 1.90. The fourth-order valence-corrected chi connectivity index (χ4v) is 5.54. The SMILES string of the molecule is Cc1ccc2c(c1)C1(C(=O)N2)C(C#N)=C(N)N(c2ccc(Cl)cc2)C2=C1C(=O)CC(C)(C)C2. The van der Waals surface area contributed by atoms with E-state index in [-0.39, 0.29) is 29.0 Å². The predicted molar refractivity (Wildman–Crippen MR) is 127 cm³/mol. The summed E-state index contributed by atoms with van der Waals surface area (Å²) in [5.41, 5.74) is 8.63. The van der Waals surface area contributed by atoms with Gasteiger partial charge in [-0.05, 0) is 49.1 Å². The lowest BCUT2D eigenvalue weighted by molar-refractivity contribution is -0.123. The topological polar surface area (TPSA) is 99.2 Å². The maximum absolute atomic E-state index is 13.8. The van der Waals surface area contributed by atoms with E-state index in [1.165, 1.54) is 0 Å². The summed E-state index contributed by atoms with van der Waals surface area (Å²) in [5.74, 6) is -0.419. The number of halogens is 1. The van der Waals surface area contributed by atoms with Crippen molar-refractivity contribution in [1.82, 2.24) is 0 Å². The van der Waals surface area contributed by atoms with Crippen molar-refractivity contribution in [2.75, 3.05) is 10.2 Å². The molecule has 7 heteroatoms. The van der Waals surface area contributed by atoms with Gasteiger partial charge in [-0.1, -0.05) is 43.1 Å². The quantitative estimate of drug-likeness (QED) is 0.645. The molecular weight excluding hydrogens is 436 g/mol. The van der Waals surface area contributed by atoms with Gasteiger partial charge in [-0.2, -0.15) is 5.26 Å². The number of carbonyl (C=O) groups is 2. The zero-order valence-corrected chi connectivity index (χ0v) is 19.4. The third-order valence-corrected chi connectivity index (χ3v) is 6.99. The van der Waals surface area contributed by atoms with Crippen molar-refractivity contribution in [2.45, 2.75) is 39.0 Å². The number of hydrogen-bond donors (Lipinski definition) is 2. The van der Waals surface area contributed by atoms with E-state index < -0.39 is 11.3 Å². The van der Waals surface area contributed by atoms with Gasteiger partial charge in [0, 0.05) is 39.7 Å². The van der Waals surface area contributed by atoms with Crippen LogP contribution in [-0.2, 0) is 15.0 Å². The lowest BCUT2D eigenvalue weighted by atomic mass is 9.60. The number of ketones is 1. The first-order chi connectivity index (χ1) is 15.6. The van der Waals surface area contributed by atoms with Crippen LogP contribution in [0.2, 0.25) is 5.02 Å². The molecular formula is C26H23ClN4O2. The average Bonchev–Trinajstić information content (AvgIpc) is 3.00. The molecule has 2 aliphatic heterocycles. The van der Waals surface area contributed by atoms with E-state index in [9.17, 15) is 14.9 Å². The fourth-order valence-electron chi connectivity index (χ4n) is 5.42. The van der Waals surface area contributed by atoms with Crippen molar-refractivity contribution in [3.05, 3.63) is 81.3 Å². The molecule has 1 spiro atoms. The Labute approximate surface area is 197 Å². The summed E-state index contributed by atoms with van der Waals surface area (Å²) in [4.78, 5) is 29.2. The van der Waals surface area contributed by atoms with E-state index in [0.717, 1.165) is 5.56 Å². The second-order valence-corrected chi connectivity index (χ2v) is 10.1. The zero-order valence-electron chi connectivity index (χ0n) is 18.6. The van der Waals surface area contributed by atoms with Crippen LogP contribution < -0.4 is 16.0 Å². The van der Waals surface area contributed by atoms with Gasteiger partial charge in [-0.15, -0.1) is 0 Å². The largest absolute Gasteiger partial charge is 0.384 e. The van der Waals surface area contributed by atoms with Gasteiger partial charge in [-0.25, -0.2) is 0 Å². The molecule has 5 rings (SSSR count). The molecule has 1 aliphatic carbocycles. The van der Waals surface area contributed by atoms with Crippen LogP contribution in [-0.4, -0.2) is 11.7 Å². The Morgan fingerprint density at radius 1 is 1.12 bits per heavy atom. The van der Waals surface area contributed by atoms with Crippen LogP contribution in [0.4, 0.5) is 11.4 Å². The second-order valence-electron chi connectivity index (χ2n) is 9.70. The first-order valence-corrected chi connectivity index (χ1v) is 11.1. The highest BCUT2D eigenvalue weighted by Crippen LogP contribution is 2.57. The van der Waals surface area contributed by atoms with Crippen LogP contribution in [0.3, 0.4) is 0 Å². The highest BCUT2D eigenvalue weighted by Gasteiger charge is 2.61. The van der Waals surface area contributed by atoms with Crippen molar-refractivity contribution < 1.29 is 9.59 Å². The van der Waals surface area contributed by atoms with Crippen LogP contribution in [0.1, 0.15) is 37.8 Å². The molecule has 6 nitrogen and oxygen atoms in total. The molecule has 0 radical (unpaired) electrons. The molecule has 2 aromatic rings. The molecule has 2 heterocycles. The summed E-state index contributed by atoms with van der Waals surface area (Å²) in [7, 11) is 0. The van der Waals surface area contributed by atoms with Gasteiger partial charge < -0.3 is 11.1 Å². The number of amides is 1. The Bertz CT molecular complexity index is 1350. The zero-order chi connectivity index (χ0) is 23.7. The molecule has 3 aliphatic rings. The van der Waals surface area contributed by atoms with Gasteiger partial charge in [0.15, 0.2) is 5.78 Å². The maximum atomic E-state index is 13.8. The molecule has 1 atom stereocenters. The number of Topliss-reactive ketones (excluding diaryl/α,β-unsaturated/α-hetero) is 1. The van der Waals surface area contributed by atoms with Gasteiger partial charge in [0.1, 0.15) is 17.3 Å². The molecule has 0 fully saturated rings. The maximum Gasteiger partial charge on any atom is 0.245 e. The Hall–Kier alpha value is -3.56. The van der Waals surface area contributed by atoms with Crippen molar-refractivity contribution >= 4 is 34.7 Å². The minimum atomic E-state index is -1.56. The molecule has 2 aromatic carbocycles. The summed E-state index contributed by atoms with van der Waals surface area (Å²) < 4.78 is 0. The van der Waals surface area contributed by atoms with Gasteiger partial charge in [0.2, 0.25) is 5.91 Å². The normalized spacial score (nSPS) is 23.4. The summed E-state index contributed by atoms with van der Waals surface area (Å²) >= 11 is 6.10. The molecule has 0 saturated heterocycles. The molecule has 1 unspecified atom stereocenters. The lowest BCUT2D eigenvalue weighted by Crippen LogP contribution is -2.52. The van der Waals surface area contributed by atoms with Crippen LogP contribution in [0.5, 0.6) is 0 Å². The number of allylic oxidation sites excluding steroid dienone is 1. The van der Waals surface area contributed by atoms with Crippen LogP contribution >= 0.6 is 11.6 Å². The van der Waals surface area contributed by atoms with E-state index in [2.05, 4.69) is 11.4 Å². The second kappa shape index (κ2) is 6.97. The van der Waals surface area contributed by atoms with E-state index in [1.54, 1.807) is 29.2 Å². The van der Waals surface area contributed by atoms with Gasteiger partial charge >= 0.3 is 0 Å². The number of nitrogens with two attached hydrogens (primary N) is 1. The molecule has 0 saturated carbocycles. The van der Waals surface area contributed by atoms with Gasteiger partial charge in [0.05, 0.1) is 5.57 Å². The van der Waals surface area contributed by atoms with Gasteiger partial charge in [0.25, 0.3) is 0 Å². The van der Waals surface area contributed by atoms with Crippen molar-refractivity contribution in [3.63, 3.8) is 0 Å². The number of fused-ring (bicyclic) bond motifs is 3. The molecule has 0 aromatic heterocycles. The van der Waals surface area contributed by atoms with Crippen molar-refractivity contribution in [1.29, 1.82) is 5.26 Å². The van der Waals surface area contributed by atoms with E-state index in [4.69, 9.17) is 17.3 Å².